The maximum atomic E-state index is 13.3. The van der Waals surface area contributed by atoms with Gasteiger partial charge in [0, 0.05) is 49.2 Å². The quantitative estimate of drug-likeness (QED) is 0.717. The first kappa shape index (κ1) is 22.4. The van der Waals surface area contributed by atoms with Gasteiger partial charge in [0.15, 0.2) is 9.84 Å². The van der Waals surface area contributed by atoms with Crippen molar-refractivity contribution in [1.29, 1.82) is 0 Å². The van der Waals surface area contributed by atoms with E-state index in [0.717, 1.165) is 36.6 Å². The van der Waals surface area contributed by atoms with Gasteiger partial charge in [0.1, 0.15) is 5.69 Å². The highest BCUT2D eigenvalue weighted by molar-refractivity contribution is 7.91. The third-order valence-electron chi connectivity index (χ3n) is 7.39. The van der Waals surface area contributed by atoms with E-state index in [9.17, 15) is 18.0 Å². The molecule has 1 aromatic heterocycles. The Labute approximate surface area is 194 Å². The van der Waals surface area contributed by atoms with E-state index < -0.39 is 9.84 Å². The van der Waals surface area contributed by atoms with Crippen molar-refractivity contribution < 1.29 is 18.0 Å². The molecule has 3 aliphatic rings. The van der Waals surface area contributed by atoms with Crippen LogP contribution >= 0.6 is 0 Å². The van der Waals surface area contributed by atoms with Crippen LogP contribution in [-0.4, -0.2) is 96.2 Å². The molecule has 1 unspecified atom stereocenters. The number of carbonyl (C=O) groups is 2. The number of para-hydroxylation sites is 1. The number of sulfone groups is 1. The van der Waals surface area contributed by atoms with Crippen LogP contribution in [0.2, 0.25) is 0 Å². The van der Waals surface area contributed by atoms with Crippen LogP contribution in [0.25, 0.3) is 10.9 Å². The Bertz CT molecular complexity index is 1100. The molecule has 1 atom stereocenters. The Morgan fingerprint density at radius 1 is 1.00 bits per heavy atom. The Morgan fingerprint density at radius 2 is 1.73 bits per heavy atom. The van der Waals surface area contributed by atoms with Crippen molar-refractivity contribution in [2.24, 2.45) is 0 Å². The average Bonchev–Trinajstić information content (AvgIpc) is 3.54. The largest absolute Gasteiger partial charge is 0.351 e. The van der Waals surface area contributed by atoms with Crippen molar-refractivity contribution >= 4 is 32.6 Å². The molecule has 1 saturated carbocycles. The standard InChI is InChI=1S/C24H32N4O4S/c29-23(28(19-6-2-3-7-19)20-9-14-33(31,32)17-20)16-26-10-12-27(13-11-26)24(30)22-15-18-5-1-4-8-21(18)25-22/h1,4-5,8,15,19-20,25H,2-3,6-7,9-14,16-17H2. The van der Waals surface area contributed by atoms with Crippen molar-refractivity contribution in [2.45, 2.75) is 44.2 Å². The van der Waals surface area contributed by atoms with Crippen molar-refractivity contribution in [3.8, 4) is 0 Å². The first-order chi connectivity index (χ1) is 15.9. The van der Waals surface area contributed by atoms with Gasteiger partial charge in [-0.1, -0.05) is 31.0 Å². The van der Waals surface area contributed by atoms with E-state index in [1.165, 1.54) is 0 Å². The van der Waals surface area contributed by atoms with Gasteiger partial charge in [-0.15, -0.1) is 0 Å². The van der Waals surface area contributed by atoms with E-state index in [1.54, 1.807) is 0 Å². The summed E-state index contributed by atoms with van der Waals surface area (Å²) in [7, 11) is -3.04. The van der Waals surface area contributed by atoms with Crippen LogP contribution < -0.4 is 0 Å². The van der Waals surface area contributed by atoms with Crippen LogP contribution in [-0.2, 0) is 14.6 Å². The lowest BCUT2D eigenvalue weighted by atomic mass is 10.1. The zero-order valence-corrected chi connectivity index (χ0v) is 19.7. The van der Waals surface area contributed by atoms with Gasteiger partial charge in [-0.05, 0) is 31.4 Å². The van der Waals surface area contributed by atoms with Crippen molar-refractivity contribution in [3.05, 3.63) is 36.0 Å². The number of rotatable bonds is 5. The molecule has 3 fully saturated rings. The number of carbonyl (C=O) groups excluding carboxylic acids is 2. The third kappa shape index (κ3) is 4.80. The molecule has 5 rings (SSSR count). The molecule has 0 spiro atoms. The topological polar surface area (TPSA) is 93.8 Å². The molecular formula is C24H32N4O4S. The van der Waals surface area contributed by atoms with Crippen molar-refractivity contribution in [1.82, 2.24) is 19.7 Å². The fourth-order valence-corrected chi connectivity index (χ4v) is 7.33. The van der Waals surface area contributed by atoms with E-state index in [2.05, 4.69) is 9.88 Å². The molecule has 0 radical (unpaired) electrons. The second kappa shape index (κ2) is 9.10. The molecule has 33 heavy (non-hydrogen) atoms. The van der Waals surface area contributed by atoms with E-state index in [1.807, 2.05) is 40.1 Å². The van der Waals surface area contributed by atoms with Gasteiger partial charge in [-0.3, -0.25) is 14.5 Å². The molecular weight excluding hydrogens is 440 g/mol. The summed E-state index contributed by atoms with van der Waals surface area (Å²) in [5.41, 5.74) is 1.54. The lowest BCUT2D eigenvalue weighted by Crippen LogP contribution is -2.54. The summed E-state index contributed by atoms with van der Waals surface area (Å²) in [6, 6.07) is 9.72. The maximum absolute atomic E-state index is 13.3. The molecule has 0 bridgehead atoms. The molecule has 2 amide bonds. The van der Waals surface area contributed by atoms with Gasteiger partial charge in [0.2, 0.25) is 5.91 Å². The molecule has 1 aromatic carbocycles. The molecule has 2 aromatic rings. The van der Waals surface area contributed by atoms with Crippen LogP contribution in [0.3, 0.4) is 0 Å². The minimum Gasteiger partial charge on any atom is -0.351 e. The normalized spacial score (nSPS) is 23.9. The van der Waals surface area contributed by atoms with Gasteiger partial charge in [-0.25, -0.2) is 8.42 Å². The number of amides is 2. The Kier molecular flexibility index (Phi) is 6.18. The number of aromatic amines is 1. The minimum absolute atomic E-state index is 0.0130. The molecule has 1 N–H and O–H groups in total. The van der Waals surface area contributed by atoms with Crippen LogP contribution in [0.1, 0.15) is 42.6 Å². The monoisotopic (exact) mass is 472 g/mol. The number of hydrogen-bond acceptors (Lipinski definition) is 5. The van der Waals surface area contributed by atoms with Crippen LogP contribution in [0.15, 0.2) is 30.3 Å². The van der Waals surface area contributed by atoms with Crippen LogP contribution in [0.4, 0.5) is 0 Å². The number of H-pyrrole nitrogens is 1. The lowest BCUT2D eigenvalue weighted by Gasteiger charge is -2.38. The fourth-order valence-electron chi connectivity index (χ4n) is 5.62. The molecule has 3 heterocycles. The summed E-state index contributed by atoms with van der Waals surface area (Å²) in [5.74, 6) is 0.311. The molecule has 9 heteroatoms. The zero-order chi connectivity index (χ0) is 23.0. The number of benzene rings is 1. The molecule has 8 nitrogen and oxygen atoms in total. The Hall–Kier alpha value is -2.39. The summed E-state index contributed by atoms with van der Waals surface area (Å²) >= 11 is 0. The van der Waals surface area contributed by atoms with Gasteiger partial charge in [-0.2, -0.15) is 0 Å². The van der Waals surface area contributed by atoms with Crippen molar-refractivity contribution in [3.63, 3.8) is 0 Å². The lowest BCUT2D eigenvalue weighted by molar-refractivity contribution is -0.137. The number of piperazine rings is 1. The van der Waals surface area contributed by atoms with Crippen LogP contribution in [0, 0.1) is 0 Å². The summed E-state index contributed by atoms with van der Waals surface area (Å²) in [4.78, 5) is 35.4. The SMILES string of the molecule is O=C(c1cc2ccccc2[nH]1)N1CCN(CC(=O)N(C2CCCC2)C2CCS(=O)(=O)C2)CC1. The minimum atomic E-state index is -3.04. The Morgan fingerprint density at radius 3 is 2.39 bits per heavy atom. The van der Waals surface area contributed by atoms with E-state index in [-0.39, 0.29) is 35.4 Å². The highest BCUT2D eigenvalue weighted by atomic mass is 32.2. The number of aromatic nitrogens is 1. The molecule has 2 saturated heterocycles. The summed E-state index contributed by atoms with van der Waals surface area (Å²) < 4.78 is 24.1. The fraction of sp³-hybridized carbons (Fsp3) is 0.583. The van der Waals surface area contributed by atoms with Gasteiger partial charge in [0.05, 0.1) is 18.1 Å². The second-order valence-corrected chi connectivity index (χ2v) is 11.9. The van der Waals surface area contributed by atoms with Crippen molar-refractivity contribution in [2.75, 3.05) is 44.2 Å². The maximum Gasteiger partial charge on any atom is 0.270 e. The molecule has 178 valence electrons. The number of nitrogens with zero attached hydrogens (tertiary/aromatic N) is 3. The Balaban J connectivity index is 1.19. The van der Waals surface area contributed by atoms with Crippen LogP contribution in [0.5, 0.6) is 0 Å². The smallest absolute Gasteiger partial charge is 0.270 e. The third-order valence-corrected chi connectivity index (χ3v) is 9.14. The van der Waals surface area contributed by atoms with Gasteiger partial charge in [0.25, 0.3) is 5.91 Å². The molecule has 1 aliphatic carbocycles. The van der Waals surface area contributed by atoms with Gasteiger partial charge < -0.3 is 14.8 Å². The first-order valence-electron chi connectivity index (χ1n) is 12.0. The molecule has 2 aliphatic heterocycles. The average molecular weight is 473 g/mol. The van der Waals surface area contributed by atoms with E-state index in [4.69, 9.17) is 0 Å². The first-order valence-corrected chi connectivity index (χ1v) is 13.8. The second-order valence-electron chi connectivity index (χ2n) is 9.63. The summed E-state index contributed by atoms with van der Waals surface area (Å²) in [6.45, 7) is 2.71. The van der Waals surface area contributed by atoms with Gasteiger partial charge >= 0.3 is 0 Å². The summed E-state index contributed by atoms with van der Waals surface area (Å²) in [6.07, 6.45) is 4.69. The zero-order valence-electron chi connectivity index (χ0n) is 18.9. The number of nitrogens with one attached hydrogen (secondary N) is 1. The van der Waals surface area contributed by atoms with E-state index in [0.29, 0.717) is 44.8 Å². The summed E-state index contributed by atoms with van der Waals surface area (Å²) in [5, 5.41) is 1.02. The highest BCUT2D eigenvalue weighted by Gasteiger charge is 2.39. The predicted molar refractivity (Wildman–Crippen MR) is 127 cm³/mol. The highest BCUT2D eigenvalue weighted by Crippen LogP contribution is 2.29. The van der Waals surface area contributed by atoms with E-state index >= 15 is 0 Å². The number of hydrogen-bond donors (Lipinski definition) is 1. The number of fused-ring (bicyclic) bond motifs is 1. The predicted octanol–water partition coefficient (Wildman–Crippen LogP) is 1.88.